The number of rotatable bonds is 5. The fourth-order valence-electron chi connectivity index (χ4n) is 1.84. The SMILES string of the molecule is O=C(CC1CCCN1)NCCc1ncno1. The first-order valence-electron chi connectivity index (χ1n) is 5.60. The third-order valence-corrected chi connectivity index (χ3v) is 2.66. The summed E-state index contributed by atoms with van der Waals surface area (Å²) in [6, 6.07) is 0.350. The van der Waals surface area contributed by atoms with Crippen LogP contribution in [0.2, 0.25) is 0 Å². The van der Waals surface area contributed by atoms with Crippen LogP contribution >= 0.6 is 0 Å². The summed E-state index contributed by atoms with van der Waals surface area (Å²) >= 11 is 0. The maximum absolute atomic E-state index is 11.5. The first-order chi connectivity index (χ1) is 7.84. The van der Waals surface area contributed by atoms with E-state index in [-0.39, 0.29) is 5.91 Å². The molecular weight excluding hydrogens is 208 g/mol. The minimum Gasteiger partial charge on any atom is -0.356 e. The van der Waals surface area contributed by atoms with Crippen molar-refractivity contribution in [1.82, 2.24) is 20.8 Å². The van der Waals surface area contributed by atoms with Crippen molar-refractivity contribution in [2.75, 3.05) is 13.1 Å². The van der Waals surface area contributed by atoms with E-state index in [4.69, 9.17) is 4.52 Å². The van der Waals surface area contributed by atoms with E-state index < -0.39 is 0 Å². The molecule has 1 aliphatic heterocycles. The van der Waals surface area contributed by atoms with Gasteiger partial charge in [0.2, 0.25) is 11.8 Å². The van der Waals surface area contributed by atoms with Crippen molar-refractivity contribution in [3.63, 3.8) is 0 Å². The quantitative estimate of drug-likeness (QED) is 0.728. The number of hydrogen-bond donors (Lipinski definition) is 2. The van der Waals surface area contributed by atoms with Crippen LogP contribution in [0.3, 0.4) is 0 Å². The average molecular weight is 224 g/mol. The normalized spacial score (nSPS) is 19.9. The summed E-state index contributed by atoms with van der Waals surface area (Å²) < 4.78 is 4.82. The molecule has 2 heterocycles. The number of amides is 1. The van der Waals surface area contributed by atoms with E-state index in [0.29, 0.717) is 31.3 Å². The topological polar surface area (TPSA) is 80.0 Å². The molecule has 1 saturated heterocycles. The van der Waals surface area contributed by atoms with Gasteiger partial charge in [-0.25, -0.2) is 0 Å². The minimum absolute atomic E-state index is 0.0823. The van der Waals surface area contributed by atoms with Crippen molar-refractivity contribution in [2.24, 2.45) is 0 Å². The number of carbonyl (C=O) groups is 1. The molecule has 2 rings (SSSR count). The summed E-state index contributed by atoms with van der Waals surface area (Å²) in [4.78, 5) is 15.4. The van der Waals surface area contributed by atoms with Gasteiger partial charge in [-0.05, 0) is 19.4 Å². The van der Waals surface area contributed by atoms with Crippen LogP contribution in [0.15, 0.2) is 10.9 Å². The molecule has 0 radical (unpaired) electrons. The molecule has 1 amide bonds. The Hall–Kier alpha value is -1.43. The van der Waals surface area contributed by atoms with Crippen LogP contribution in [-0.4, -0.2) is 35.2 Å². The molecule has 6 heteroatoms. The van der Waals surface area contributed by atoms with Crippen LogP contribution in [0, 0.1) is 0 Å². The summed E-state index contributed by atoms with van der Waals surface area (Å²) in [7, 11) is 0. The van der Waals surface area contributed by atoms with Crippen LogP contribution in [0.1, 0.15) is 25.2 Å². The van der Waals surface area contributed by atoms with Gasteiger partial charge in [0, 0.05) is 25.4 Å². The van der Waals surface area contributed by atoms with E-state index in [1.165, 1.54) is 12.7 Å². The molecule has 1 aromatic heterocycles. The van der Waals surface area contributed by atoms with Crippen molar-refractivity contribution >= 4 is 5.91 Å². The lowest BCUT2D eigenvalue weighted by Crippen LogP contribution is -2.32. The Labute approximate surface area is 93.8 Å². The standard InChI is InChI=1S/C10H16N4O2/c15-9(6-8-2-1-4-11-8)12-5-3-10-13-7-14-16-10/h7-8,11H,1-6H2,(H,12,15). The molecule has 6 nitrogen and oxygen atoms in total. The average Bonchev–Trinajstić information content (AvgIpc) is 2.90. The first-order valence-corrected chi connectivity index (χ1v) is 5.60. The van der Waals surface area contributed by atoms with Crippen LogP contribution in [0.25, 0.3) is 0 Å². The Morgan fingerprint density at radius 1 is 1.69 bits per heavy atom. The number of carbonyl (C=O) groups excluding carboxylic acids is 1. The monoisotopic (exact) mass is 224 g/mol. The smallest absolute Gasteiger partial charge is 0.228 e. The van der Waals surface area contributed by atoms with Gasteiger partial charge in [-0.2, -0.15) is 4.98 Å². The van der Waals surface area contributed by atoms with Crippen LogP contribution in [-0.2, 0) is 11.2 Å². The third-order valence-electron chi connectivity index (χ3n) is 2.66. The largest absolute Gasteiger partial charge is 0.356 e. The molecule has 0 saturated carbocycles. The van der Waals surface area contributed by atoms with Crippen molar-refractivity contribution < 1.29 is 9.32 Å². The van der Waals surface area contributed by atoms with E-state index in [0.717, 1.165) is 13.0 Å². The number of aromatic nitrogens is 2. The highest BCUT2D eigenvalue weighted by Crippen LogP contribution is 2.08. The zero-order chi connectivity index (χ0) is 11.2. The Morgan fingerprint density at radius 3 is 3.31 bits per heavy atom. The molecule has 0 bridgehead atoms. The maximum Gasteiger partial charge on any atom is 0.228 e. The molecular formula is C10H16N4O2. The lowest BCUT2D eigenvalue weighted by atomic mass is 10.1. The summed E-state index contributed by atoms with van der Waals surface area (Å²) in [6.07, 6.45) is 4.77. The number of nitrogens with one attached hydrogen (secondary N) is 2. The van der Waals surface area contributed by atoms with Gasteiger partial charge in [-0.15, -0.1) is 0 Å². The van der Waals surface area contributed by atoms with E-state index in [1.807, 2.05) is 0 Å². The van der Waals surface area contributed by atoms with Gasteiger partial charge in [0.25, 0.3) is 0 Å². The van der Waals surface area contributed by atoms with Crippen LogP contribution in [0.5, 0.6) is 0 Å². The molecule has 1 fully saturated rings. The summed E-state index contributed by atoms with van der Waals surface area (Å²) in [5, 5.41) is 9.63. The van der Waals surface area contributed by atoms with Gasteiger partial charge < -0.3 is 15.2 Å². The highest BCUT2D eigenvalue weighted by atomic mass is 16.5. The minimum atomic E-state index is 0.0823. The van der Waals surface area contributed by atoms with Crippen molar-refractivity contribution in [1.29, 1.82) is 0 Å². The molecule has 1 unspecified atom stereocenters. The molecule has 16 heavy (non-hydrogen) atoms. The first kappa shape index (κ1) is 11.1. The zero-order valence-corrected chi connectivity index (χ0v) is 9.11. The summed E-state index contributed by atoms with van der Waals surface area (Å²) in [6.45, 7) is 1.58. The van der Waals surface area contributed by atoms with Gasteiger partial charge in [-0.3, -0.25) is 4.79 Å². The predicted octanol–water partition coefficient (Wildman–Crippen LogP) is -0.130. The second-order valence-corrected chi connectivity index (χ2v) is 3.93. The fourth-order valence-corrected chi connectivity index (χ4v) is 1.84. The van der Waals surface area contributed by atoms with Gasteiger partial charge >= 0.3 is 0 Å². The molecule has 1 aromatic rings. The molecule has 1 aliphatic rings. The van der Waals surface area contributed by atoms with Gasteiger partial charge in [0.05, 0.1) is 0 Å². The van der Waals surface area contributed by atoms with E-state index in [1.54, 1.807) is 0 Å². The Balaban J connectivity index is 1.60. The van der Waals surface area contributed by atoms with Crippen LogP contribution in [0.4, 0.5) is 0 Å². The number of hydrogen-bond acceptors (Lipinski definition) is 5. The van der Waals surface area contributed by atoms with E-state index in [9.17, 15) is 4.79 Å². The van der Waals surface area contributed by atoms with Crippen LogP contribution < -0.4 is 10.6 Å². The highest BCUT2D eigenvalue weighted by Gasteiger charge is 2.17. The van der Waals surface area contributed by atoms with Crippen molar-refractivity contribution in [2.45, 2.75) is 31.7 Å². The number of nitrogens with zero attached hydrogens (tertiary/aromatic N) is 2. The van der Waals surface area contributed by atoms with Crippen molar-refractivity contribution in [3.05, 3.63) is 12.2 Å². The molecule has 0 aliphatic carbocycles. The zero-order valence-electron chi connectivity index (χ0n) is 9.11. The molecule has 2 N–H and O–H groups in total. The molecule has 0 aromatic carbocycles. The van der Waals surface area contributed by atoms with E-state index >= 15 is 0 Å². The van der Waals surface area contributed by atoms with Gasteiger partial charge in [0.1, 0.15) is 0 Å². The Morgan fingerprint density at radius 2 is 2.62 bits per heavy atom. The third kappa shape index (κ3) is 3.30. The summed E-state index contributed by atoms with van der Waals surface area (Å²) in [5.41, 5.74) is 0. The Kier molecular flexibility index (Phi) is 3.87. The van der Waals surface area contributed by atoms with Gasteiger partial charge in [0.15, 0.2) is 6.33 Å². The Bertz CT molecular complexity index is 320. The lowest BCUT2D eigenvalue weighted by molar-refractivity contribution is -0.121. The molecule has 88 valence electrons. The molecule has 1 atom stereocenters. The summed E-state index contributed by atoms with van der Waals surface area (Å²) in [5.74, 6) is 0.637. The fraction of sp³-hybridized carbons (Fsp3) is 0.700. The van der Waals surface area contributed by atoms with Gasteiger partial charge in [-0.1, -0.05) is 5.16 Å². The lowest BCUT2D eigenvalue weighted by Gasteiger charge is -2.09. The second-order valence-electron chi connectivity index (χ2n) is 3.93. The van der Waals surface area contributed by atoms with E-state index in [2.05, 4.69) is 20.8 Å². The second kappa shape index (κ2) is 5.60. The maximum atomic E-state index is 11.5. The highest BCUT2D eigenvalue weighted by molar-refractivity contribution is 5.76. The van der Waals surface area contributed by atoms with Crippen molar-refractivity contribution in [3.8, 4) is 0 Å². The predicted molar refractivity (Wildman–Crippen MR) is 56.7 cm³/mol. The molecule has 0 spiro atoms.